The Bertz CT molecular complexity index is 474. The second kappa shape index (κ2) is 9.15. The Hall–Kier alpha value is -1.85. The smallest absolute Gasteiger partial charge is 0.319 e. The lowest BCUT2D eigenvalue weighted by Crippen LogP contribution is -2.31. The maximum atomic E-state index is 11.7. The highest BCUT2D eigenvalue weighted by atomic mass is 16.5. The molecule has 0 aliphatic carbocycles. The highest BCUT2D eigenvalue weighted by molar-refractivity contribution is 5.89. The zero-order valence-corrected chi connectivity index (χ0v) is 12.9. The molecule has 1 aromatic carbocycles. The molecule has 1 aromatic rings. The van der Waals surface area contributed by atoms with Crippen molar-refractivity contribution >= 4 is 11.7 Å². The molecule has 0 aromatic heterocycles. The van der Waals surface area contributed by atoms with E-state index in [2.05, 4.69) is 17.2 Å². The number of methoxy groups -OCH3 is 1. The van der Waals surface area contributed by atoms with E-state index < -0.39 is 0 Å². The molecule has 0 saturated carbocycles. The molecule has 5 nitrogen and oxygen atoms in total. The van der Waals surface area contributed by atoms with Crippen LogP contribution in [0.5, 0.6) is 0 Å². The van der Waals surface area contributed by atoms with E-state index in [1.54, 1.807) is 7.11 Å². The fraction of sp³-hybridized carbons (Fsp3) is 0.438. The summed E-state index contributed by atoms with van der Waals surface area (Å²) in [5, 5.41) is 5.51. The van der Waals surface area contributed by atoms with Crippen molar-refractivity contribution in [3.8, 4) is 0 Å². The van der Waals surface area contributed by atoms with Crippen LogP contribution in [0.15, 0.2) is 36.4 Å². The monoisotopic (exact) mass is 292 g/mol. The Morgan fingerprint density at radius 2 is 2.19 bits per heavy atom. The van der Waals surface area contributed by atoms with E-state index in [9.17, 15) is 4.79 Å². The molecule has 0 spiro atoms. The van der Waals surface area contributed by atoms with Gasteiger partial charge in [0.15, 0.2) is 0 Å². The summed E-state index contributed by atoms with van der Waals surface area (Å²) in [5.41, 5.74) is 2.71. The van der Waals surface area contributed by atoms with E-state index in [-0.39, 0.29) is 12.1 Å². The van der Waals surface area contributed by atoms with Gasteiger partial charge in [-0.25, -0.2) is 4.79 Å². The zero-order valence-electron chi connectivity index (χ0n) is 12.9. The van der Waals surface area contributed by atoms with Crippen molar-refractivity contribution in [3.63, 3.8) is 0 Å². The van der Waals surface area contributed by atoms with Crippen molar-refractivity contribution in [1.82, 2.24) is 5.32 Å². The largest absolute Gasteiger partial charge is 0.377 e. The van der Waals surface area contributed by atoms with Gasteiger partial charge in [-0.15, -0.1) is 0 Å². The summed E-state index contributed by atoms with van der Waals surface area (Å²) in [6, 6.07) is 7.32. The van der Waals surface area contributed by atoms with Crippen LogP contribution in [0.4, 0.5) is 10.5 Å². The summed E-state index contributed by atoms with van der Waals surface area (Å²) in [6.07, 6.45) is -0.00893. The predicted molar refractivity (Wildman–Crippen MR) is 84.5 cm³/mol. The van der Waals surface area contributed by atoms with Crippen molar-refractivity contribution in [2.24, 2.45) is 0 Å². The van der Waals surface area contributed by atoms with Crippen LogP contribution in [-0.4, -0.2) is 32.9 Å². The number of amides is 2. The molecule has 0 aliphatic rings. The number of urea groups is 1. The number of anilines is 1. The van der Waals surface area contributed by atoms with Crippen LogP contribution in [0.25, 0.3) is 0 Å². The number of rotatable bonds is 8. The molecule has 116 valence electrons. The molecule has 0 heterocycles. The van der Waals surface area contributed by atoms with E-state index in [1.807, 2.05) is 38.1 Å². The Morgan fingerprint density at radius 3 is 2.86 bits per heavy atom. The van der Waals surface area contributed by atoms with Gasteiger partial charge >= 0.3 is 6.03 Å². The first-order valence-electron chi connectivity index (χ1n) is 6.92. The predicted octanol–water partition coefficient (Wildman–Crippen LogP) is 3.11. The summed E-state index contributed by atoms with van der Waals surface area (Å²) in [7, 11) is 1.66. The third kappa shape index (κ3) is 6.92. The van der Waals surface area contributed by atoms with Crippen LogP contribution in [0.1, 0.15) is 25.5 Å². The second-order valence-corrected chi connectivity index (χ2v) is 4.89. The minimum atomic E-state index is -0.254. The van der Waals surface area contributed by atoms with Crippen molar-refractivity contribution in [1.29, 1.82) is 0 Å². The molecule has 5 heteroatoms. The zero-order chi connectivity index (χ0) is 15.7. The van der Waals surface area contributed by atoms with Gasteiger partial charge in [0.05, 0.1) is 19.3 Å². The second-order valence-electron chi connectivity index (χ2n) is 4.89. The van der Waals surface area contributed by atoms with Crippen molar-refractivity contribution in [2.75, 3.05) is 32.2 Å². The average molecular weight is 292 g/mol. The summed E-state index contributed by atoms with van der Waals surface area (Å²) in [5.74, 6) is 0. The lowest BCUT2D eigenvalue weighted by molar-refractivity contribution is 0.119. The van der Waals surface area contributed by atoms with Crippen LogP contribution < -0.4 is 10.6 Å². The van der Waals surface area contributed by atoms with E-state index in [0.29, 0.717) is 19.8 Å². The first kappa shape index (κ1) is 17.2. The number of hydrogen-bond acceptors (Lipinski definition) is 3. The molecule has 0 bridgehead atoms. The molecule has 21 heavy (non-hydrogen) atoms. The number of hydrogen-bond donors (Lipinski definition) is 2. The lowest BCUT2D eigenvalue weighted by atomic mass is 10.1. The Balaban J connectivity index is 2.35. The first-order valence-corrected chi connectivity index (χ1v) is 6.92. The van der Waals surface area contributed by atoms with E-state index in [4.69, 9.17) is 9.47 Å². The number of carbonyl (C=O) groups is 1. The molecule has 0 saturated heterocycles. The molecular formula is C16H24N2O3. The summed E-state index contributed by atoms with van der Waals surface area (Å²) >= 11 is 0. The van der Waals surface area contributed by atoms with Gasteiger partial charge < -0.3 is 20.1 Å². The minimum absolute atomic E-state index is 0.00893. The highest BCUT2D eigenvalue weighted by Crippen LogP contribution is 2.19. The van der Waals surface area contributed by atoms with Gasteiger partial charge in [0.25, 0.3) is 0 Å². The molecule has 0 fully saturated rings. The van der Waals surface area contributed by atoms with Crippen LogP contribution in [0.3, 0.4) is 0 Å². The fourth-order valence-electron chi connectivity index (χ4n) is 1.66. The van der Waals surface area contributed by atoms with Gasteiger partial charge in [0.2, 0.25) is 0 Å². The van der Waals surface area contributed by atoms with Gasteiger partial charge in [-0.2, -0.15) is 0 Å². The first-order chi connectivity index (χ1) is 10.0. The average Bonchev–Trinajstić information content (AvgIpc) is 2.46. The third-order valence-corrected chi connectivity index (χ3v) is 2.85. The van der Waals surface area contributed by atoms with Crippen molar-refractivity contribution in [2.45, 2.75) is 20.0 Å². The normalized spacial score (nSPS) is 11.8. The summed E-state index contributed by atoms with van der Waals surface area (Å²) in [6.45, 7) is 9.02. The third-order valence-electron chi connectivity index (χ3n) is 2.85. The van der Waals surface area contributed by atoms with Gasteiger partial charge in [-0.3, -0.25) is 0 Å². The quantitative estimate of drug-likeness (QED) is 0.572. The highest BCUT2D eigenvalue weighted by Gasteiger charge is 2.06. The summed E-state index contributed by atoms with van der Waals surface area (Å²) < 4.78 is 10.6. The molecule has 1 atom stereocenters. The standard InChI is InChI=1S/C16H24N2O3/c1-12(2)11-21-9-8-17-16(19)18-15-7-5-6-14(10-15)13(3)20-4/h5-7,10,13H,1,8-9,11H2,2-4H3,(H2,17,18,19)/t13-/m1/s1. The molecule has 0 unspecified atom stereocenters. The van der Waals surface area contributed by atoms with Gasteiger partial charge in [0, 0.05) is 19.3 Å². The Kier molecular flexibility index (Phi) is 7.50. The number of ether oxygens (including phenoxy) is 2. The molecular weight excluding hydrogens is 268 g/mol. The molecule has 0 aliphatic heterocycles. The maximum absolute atomic E-state index is 11.7. The van der Waals surface area contributed by atoms with Crippen molar-refractivity contribution < 1.29 is 14.3 Å². The van der Waals surface area contributed by atoms with E-state index >= 15 is 0 Å². The molecule has 0 radical (unpaired) electrons. The number of nitrogens with one attached hydrogen (secondary N) is 2. The van der Waals surface area contributed by atoms with Crippen LogP contribution in [0.2, 0.25) is 0 Å². The van der Waals surface area contributed by atoms with Gasteiger partial charge in [0.1, 0.15) is 0 Å². The van der Waals surface area contributed by atoms with Crippen LogP contribution in [0, 0.1) is 0 Å². The topological polar surface area (TPSA) is 59.6 Å². The number of benzene rings is 1. The van der Waals surface area contributed by atoms with E-state index in [0.717, 1.165) is 16.8 Å². The van der Waals surface area contributed by atoms with Crippen LogP contribution in [-0.2, 0) is 9.47 Å². The molecule has 2 N–H and O–H groups in total. The van der Waals surface area contributed by atoms with Gasteiger partial charge in [-0.05, 0) is 31.5 Å². The molecule has 2 amide bonds. The van der Waals surface area contributed by atoms with Gasteiger partial charge in [-0.1, -0.05) is 24.3 Å². The van der Waals surface area contributed by atoms with Crippen molar-refractivity contribution in [3.05, 3.63) is 42.0 Å². The summed E-state index contributed by atoms with van der Waals surface area (Å²) in [4.78, 5) is 11.7. The lowest BCUT2D eigenvalue weighted by Gasteiger charge is -2.12. The SMILES string of the molecule is C=C(C)COCCNC(=O)Nc1cccc([C@@H](C)OC)c1. The van der Waals surface area contributed by atoms with Crippen LogP contribution >= 0.6 is 0 Å². The fourth-order valence-corrected chi connectivity index (χ4v) is 1.66. The number of carbonyl (C=O) groups excluding carboxylic acids is 1. The minimum Gasteiger partial charge on any atom is -0.377 e. The maximum Gasteiger partial charge on any atom is 0.319 e. The van der Waals surface area contributed by atoms with E-state index in [1.165, 1.54) is 0 Å². The Labute approximate surface area is 126 Å². The molecule has 1 rings (SSSR count). The Morgan fingerprint density at radius 1 is 1.43 bits per heavy atom.